The molecule has 0 aromatic carbocycles. The lowest BCUT2D eigenvalue weighted by Crippen LogP contribution is -2.40. The van der Waals surface area contributed by atoms with Gasteiger partial charge in [-0.2, -0.15) is 0 Å². The molecule has 1 aromatic rings. The van der Waals surface area contributed by atoms with E-state index in [-0.39, 0.29) is 0 Å². The number of nitrogens with zero attached hydrogens (tertiary/aromatic N) is 1. The number of nitrogens with two attached hydrogens (primary N) is 1. The van der Waals surface area contributed by atoms with E-state index in [2.05, 4.69) is 40.7 Å². The molecule has 0 radical (unpaired) electrons. The minimum Gasteiger partial charge on any atom is -0.328 e. The highest BCUT2D eigenvalue weighted by atomic mass is 79.9. The summed E-state index contributed by atoms with van der Waals surface area (Å²) in [5, 5.41) is 0. The molecule has 1 fully saturated rings. The van der Waals surface area contributed by atoms with Crippen LogP contribution in [0.1, 0.15) is 48.8 Å². The molecular weight excluding hydrogens is 320 g/mol. The molecule has 2 nitrogen and oxygen atoms in total. The highest BCUT2D eigenvalue weighted by molar-refractivity contribution is 9.10. The summed E-state index contributed by atoms with van der Waals surface area (Å²) in [6.45, 7) is 6.76. The number of aryl methyl sites for hydroxylation is 1. The second-order valence-corrected chi connectivity index (χ2v) is 7.85. The van der Waals surface area contributed by atoms with Crippen LogP contribution in [0.5, 0.6) is 0 Å². The average Bonchev–Trinajstić information content (AvgIpc) is 2.69. The topological polar surface area (TPSA) is 29.3 Å². The van der Waals surface area contributed by atoms with Crippen LogP contribution in [0.4, 0.5) is 0 Å². The summed E-state index contributed by atoms with van der Waals surface area (Å²) in [7, 11) is 0. The Morgan fingerprint density at radius 1 is 1.37 bits per heavy atom. The lowest BCUT2D eigenvalue weighted by atomic mass is 9.90. The molecule has 0 aliphatic heterocycles. The van der Waals surface area contributed by atoms with Crippen molar-refractivity contribution in [1.29, 1.82) is 0 Å². The van der Waals surface area contributed by atoms with E-state index >= 15 is 0 Å². The van der Waals surface area contributed by atoms with Crippen molar-refractivity contribution in [2.75, 3.05) is 6.54 Å². The summed E-state index contributed by atoms with van der Waals surface area (Å²) in [5.74, 6) is 0. The Morgan fingerprint density at radius 3 is 2.58 bits per heavy atom. The molecule has 19 heavy (non-hydrogen) atoms. The van der Waals surface area contributed by atoms with Gasteiger partial charge < -0.3 is 5.73 Å². The van der Waals surface area contributed by atoms with E-state index in [1.54, 1.807) is 0 Å². The van der Waals surface area contributed by atoms with Crippen LogP contribution in [-0.2, 0) is 6.54 Å². The molecule has 2 N–H and O–H groups in total. The van der Waals surface area contributed by atoms with Crippen molar-refractivity contribution in [3.8, 4) is 0 Å². The molecular formula is C15H25BrN2S. The first kappa shape index (κ1) is 15.5. The van der Waals surface area contributed by atoms with E-state index in [9.17, 15) is 0 Å². The van der Waals surface area contributed by atoms with Gasteiger partial charge in [0.15, 0.2) is 0 Å². The molecule has 108 valence electrons. The summed E-state index contributed by atoms with van der Waals surface area (Å²) < 4.78 is 1.26. The van der Waals surface area contributed by atoms with Crippen molar-refractivity contribution < 1.29 is 0 Å². The Morgan fingerprint density at radius 2 is 2.05 bits per heavy atom. The average molecular weight is 345 g/mol. The molecule has 0 amide bonds. The smallest absolute Gasteiger partial charge is 0.0331 e. The zero-order valence-electron chi connectivity index (χ0n) is 12.0. The van der Waals surface area contributed by atoms with Crippen LogP contribution in [0.15, 0.2) is 10.5 Å². The molecule has 1 aliphatic rings. The second-order valence-electron chi connectivity index (χ2n) is 5.66. The maximum Gasteiger partial charge on any atom is 0.0331 e. The van der Waals surface area contributed by atoms with Crippen LogP contribution in [0.3, 0.4) is 0 Å². The molecule has 2 rings (SSSR count). The van der Waals surface area contributed by atoms with Crippen molar-refractivity contribution in [1.82, 2.24) is 4.90 Å². The van der Waals surface area contributed by atoms with E-state index < -0.39 is 0 Å². The van der Waals surface area contributed by atoms with Crippen LogP contribution in [0, 0.1) is 6.92 Å². The van der Waals surface area contributed by atoms with Gasteiger partial charge in [0.05, 0.1) is 0 Å². The van der Waals surface area contributed by atoms with Gasteiger partial charge in [-0.25, -0.2) is 0 Å². The fraction of sp³-hybridized carbons (Fsp3) is 0.733. The molecule has 4 heteroatoms. The summed E-state index contributed by atoms with van der Waals surface area (Å²) in [5.41, 5.74) is 6.02. The monoisotopic (exact) mass is 344 g/mol. The Balaban J connectivity index is 1.99. The zero-order chi connectivity index (χ0) is 13.8. The number of hydrogen-bond donors (Lipinski definition) is 1. The third-order valence-electron chi connectivity index (χ3n) is 4.04. The summed E-state index contributed by atoms with van der Waals surface area (Å²) >= 11 is 5.54. The Kier molecular flexibility index (Phi) is 5.87. The standard InChI is InChI=1S/C15H25BrN2S/c1-3-8-18(13-6-4-12(17)5-7-13)10-14-9-15(16)11(2)19-14/h9,12-13H,3-8,10,17H2,1-2H3. The Bertz CT molecular complexity index is 377. The lowest BCUT2D eigenvalue weighted by molar-refractivity contribution is 0.143. The molecule has 1 saturated carbocycles. The third-order valence-corrected chi connectivity index (χ3v) is 6.16. The number of hydrogen-bond acceptors (Lipinski definition) is 3. The van der Waals surface area contributed by atoms with Crippen LogP contribution < -0.4 is 5.73 Å². The number of rotatable bonds is 5. The molecule has 0 saturated heterocycles. The summed E-state index contributed by atoms with van der Waals surface area (Å²) in [6.07, 6.45) is 6.16. The predicted octanol–water partition coefficient (Wildman–Crippen LogP) is 4.30. The van der Waals surface area contributed by atoms with Gasteiger partial charge in [0.1, 0.15) is 0 Å². The van der Waals surface area contributed by atoms with Crippen LogP contribution in [-0.4, -0.2) is 23.5 Å². The van der Waals surface area contributed by atoms with Gasteiger partial charge >= 0.3 is 0 Å². The van der Waals surface area contributed by atoms with Crippen molar-refractivity contribution in [2.24, 2.45) is 5.73 Å². The zero-order valence-corrected chi connectivity index (χ0v) is 14.4. The van der Waals surface area contributed by atoms with Crippen molar-refractivity contribution >= 4 is 27.3 Å². The lowest BCUT2D eigenvalue weighted by Gasteiger charge is -2.35. The quantitative estimate of drug-likeness (QED) is 0.862. The summed E-state index contributed by atoms with van der Waals surface area (Å²) in [4.78, 5) is 5.54. The van der Waals surface area contributed by atoms with Crippen LogP contribution in [0.25, 0.3) is 0 Å². The van der Waals surface area contributed by atoms with E-state index in [0.717, 1.165) is 12.6 Å². The first-order chi connectivity index (χ1) is 9.10. The first-order valence-electron chi connectivity index (χ1n) is 7.34. The first-order valence-corrected chi connectivity index (χ1v) is 8.95. The molecule has 1 aromatic heterocycles. The van der Waals surface area contributed by atoms with Gasteiger partial charge in [0, 0.05) is 32.9 Å². The second kappa shape index (κ2) is 7.21. The molecule has 1 aliphatic carbocycles. The minimum absolute atomic E-state index is 0.442. The Labute approximate surface area is 129 Å². The third kappa shape index (κ3) is 4.28. The highest BCUT2D eigenvalue weighted by Crippen LogP contribution is 2.29. The maximum absolute atomic E-state index is 6.02. The van der Waals surface area contributed by atoms with Gasteiger partial charge in [-0.3, -0.25) is 4.90 Å². The Hall–Kier alpha value is 0.1000. The van der Waals surface area contributed by atoms with E-state index in [1.165, 1.54) is 52.9 Å². The van der Waals surface area contributed by atoms with Crippen LogP contribution >= 0.6 is 27.3 Å². The van der Waals surface area contributed by atoms with Gasteiger partial charge in [-0.05, 0) is 67.6 Å². The minimum atomic E-state index is 0.442. The van der Waals surface area contributed by atoms with Crippen LogP contribution in [0.2, 0.25) is 0 Å². The summed E-state index contributed by atoms with van der Waals surface area (Å²) in [6, 6.07) is 3.47. The largest absolute Gasteiger partial charge is 0.328 e. The molecule has 0 bridgehead atoms. The number of halogens is 1. The van der Waals surface area contributed by atoms with Gasteiger partial charge in [-0.1, -0.05) is 6.92 Å². The normalized spacial score (nSPS) is 24.1. The van der Waals surface area contributed by atoms with E-state index in [0.29, 0.717) is 6.04 Å². The predicted molar refractivity (Wildman–Crippen MR) is 87.7 cm³/mol. The highest BCUT2D eigenvalue weighted by Gasteiger charge is 2.24. The molecule has 0 spiro atoms. The fourth-order valence-corrected chi connectivity index (χ4v) is 4.57. The van der Waals surface area contributed by atoms with Gasteiger partial charge in [0.2, 0.25) is 0 Å². The van der Waals surface area contributed by atoms with E-state index in [4.69, 9.17) is 5.73 Å². The number of thiophene rings is 1. The molecule has 0 unspecified atom stereocenters. The van der Waals surface area contributed by atoms with Crippen molar-refractivity contribution in [3.05, 3.63) is 20.3 Å². The SMILES string of the molecule is CCCN(Cc1cc(Br)c(C)s1)C1CCC(N)CC1. The van der Waals surface area contributed by atoms with Gasteiger partial charge in [-0.15, -0.1) is 11.3 Å². The molecule has 1 heterocycles. The van der Waals surface area contributed by atoms with E-state index in [1.807, 2.05) is 11.3 Å². The van der Waals surface area contributed by atoms with Crippen molar-refractivity contribution in [2.45, 2.75) is 64.6 Å². The fourth-order valence-electron chi connectivity index (χ4n) is 2.94. The van der Waals surface area contributed by atoms with Gasteiger partial charge in [0.25, 0.3) is 0 Å². The molecule has 0 atom stereocenters. The van der Waals surface area contributed by atoms with Crippen molar-refractivity contribution in [3.63, 3.8) is 0 Å². The maximum atomic E-state index is 6.02.